The van der Waals surface area contributed by atoms with Crippen molar-refractivity contribution in [2.75, 3.05) is 0 Å². The van der Waals surface area contributed by atoms with Gasteiger partial charge in [-0.05, 0) is 56.5 Å². The van der Waals surface area contributed by atoms with E-state index in [1.54, 1.807) is 26.8 Å². The number of esters is 1. The van der Waals surface area contributed by atoms with Gasteiger partial charge >= 0.3 is 18.0 Å². The summed E-state index contributed by atoms with van der Waals surface area (Å²) in [5, 5.41) is 12.0. The molecule has 34 heavy (non-hydrogen) atoms. The van der Waals surface area contributed by atoms with Gasteiger partial charge in [-0.3, -0.25) is 9.69 Å². The summed E-state index contributed by atoms with van der Waals surface area (Å²) in [5.74, 6) is -2.65. The van der Waals surface area contributed by atoms with E-state index in [4.69, 9.17) is 9.47 Å². The van der Waals surface area contributed by atoms with Crippen LogP contribution in [0, 0.1) is 11.8 Å². The first-order valence-corrected chi connectivity index (χ1v) is 12.3. The molecular formula is C26H33NO6S. The number of carbonyl (C=O) groups is 3. The van der Waals surface area contributed by atoms with E-state index in [0.717, 1.165) is 5.56 Å². The van der Waals surface area contributed by atoms with Gasteiger partial charge in [-0.1, -0.05) is 50.2 Å². The van der Waals surface area contributed by atoms with Crippen molar-refractivity contribution in [3.8, 4) is 0 Å². The first-order chi connectivity index (χ1) is 15.9. The summed E-state index contributed by atoms with van der Waals surface area (Å²) in [5.41, 5.74) is -1.47. The Bertz CT molecular complexity index is 998. The number of rotatable bonds is 7. The van der Waals surface area contributed by atoms with Gasteiger partial charge in [0.25, 0.3) is 0 Å². The molecule has 2 aromatic rings. The van der Waals surface area contributed by atoms with Crippen molar-refractivity contribution >= 4 is 29.4 Å². The number of amides is 1. The molecule has 184 valence electrons. The van der Waals surface area contributed by atoms with E-state index < -0.39 is 41.1 Å². The van der Waals surface area contributed by atoms with Crippen molar-refractivity contribution in [1.82, 2.24) is 4.90 Å². The van der Waals surface area contributed by atoms with Crippen LogP contribution < -0.4 is 0 Å². The highest BCUT2D eigenvalue weighted by Crippen LogP contribution is 2.51. The van der Waals surface area contributed by atoms with E-state index in [9.17, 15) is 19.5 Å². The first-order valence-electron chi connectivity index (χ1n) is 11.4. The molecule has 0 spiro atoms. The molecule has 1 aromatic carbocycles. The first kappa shape index (κ1) is 25.7. The number of hydrogen-bond acceptors (Lipinski definition) is 6. The van der Waals surface area contributed by atoms with Crippen LogP contribution in [0.3, 0.4) is 0 Å². The lowest BCUT2D eigenvalue weighted by atomic mass is 9.83. The molecule has 0 radical (unpaired) electrons. The molecule has 0 saturated carbocycles. The summed E-state index contributed by atoms with van der Waals surface area (Å²) in [4.78, 5) is 41.9. The number of nitrogens with zero attached hydrogens (tertiary/aromatic N) is 1. The minimum atomic E-state index is -1.47. The Morgan fingerprint density at radius 2 is 1.82 bits per heavy atom. The molecule has 2 heterocycles. The lowest BCUT2D eigenvalue weighted by Gasteiger charge is -2.40. The van der Waals surface area contributed by atoms with Gasteiger partial charge in [-0.15, -0.1) is 11.3 Å². The molecule has 1 aromatic heterocycles. The second-order valence-electron chi connectivity index (χ2n) is 10.2. The summed E-state index contributed by atoms with van der Waals surface area (Å²) in [6.45, 7) is 9.16. The molecule has 1 fully saturated rings. The monoisotopic (exact) mass is 487 g/mol. The third-order valence-corrected chi connectivity index (χ3v) is 6.70. The van der Waals surface area contributed by atoms with E-state index in [1.807, 2.05) is 55.6 Å². The maximum Gasteiger partial charge on any atom is 0.411 e. The molecule has 3 rings (SSSR count). The van der Waals surface area contributed by atoms with Gasteiger partial charge in [0.15, 0.2) is 0 Å². The summed E-state index contributed by atoms with van der Waals surface area (Å²) in [6.07, 6.45) is -0.510. The van der Waals surface area contributed by atoms with Crippen LogP contribution in [0.4, 0.5) is 4.79 Å². The number of aliphatic carboxylic acids is 1. The predicted octanol–water partition coefficient (Wildman–Crippen LogP) is 5.66. The summed E-state index contributed by atoms with van der Waals surface area (Å²) < 4.78 is 11.5. The van der Waals surface area contributed by atoms with Gasteiger partial charge in [-0.2, -0.15) is 0 Å². The molecule has 1 N–H and O–H groups in total. The highest BCUT2D eigenvalue weighted by molar-refractivity contribution is 7.10. The van der Waals surface area contributed by atoms with E-state index >= 15 is 0 Å². The largest absolute Gasteiger partial charge is 0.481 e. The van der Waals surface area contributed by atoms with Crippen LogP contribution in [-0.4, -0.2) is 39.2 Å². The Morgan fingerprint density at radius 1 is 1.15 bits per heavy atom. The van der Waals surface area contributed by atoms with Gasteiger partial charge < -0.3 is 14.6 Å². The fourth-order valence-corrected chi connectivity index (χ4v) is 5.48. The van der Waals surface area contributed by atoms with Crippen LogP contribution in [-0.2, 0) is 25.7 Å². The Labute approximate surface area is 204 Å². The van der Waals surface area contributed by atoms with E-state index in [-0.39, 0.29) is 25.4 Å². The maximum atomic E-state index is 13.7. The van der Waals surface area contributed by atoms with Gasteiger partial charge in [0, 0.05) is 4.88 Å². The third-order valence-electron chi connectivity index (χ3n) is 5.76. The van der Waals surface area contributed by atoms with Crippen molar-refractivity contribution < 1.29 is 29.0 Å². The molecule has 3 atom stereocenters. The average Bonchev–Trinajstić information content (AvgIpc) is 3.38. The summed E-state index contributed by atoms with van der Waals surface area (Å²) in [6, 6.07) is 12.0. The van der Waals surface area contributed by atoms with Crippen molar-refractivity contribution in [2.24, 2.45) is 11.8 Å². The van der Waals surface area contributed by atoms with E-state index in [1.165, 1.54) is 16.2 Å². The topological polar surface area (TPSA) is 93.1 Å². The standard InChI is InChI=1S/C26H33NO6S/c1-17(2)14-26(23(30)33-25(3,4)5)15-19(22(28)29)21(20-12-9-13-34-20)27(26)24(31)32-16-18-10-7-6-8-11-18/h6-13,17,19,21H,14-16H2,1-5H3,(H,28,29)/t19-,21+,26-/m1/s1. The molecule has 1 aliphatic rings. The number of carboxylic acid groups (broad SMARTS) is 1. The molecule has 1 saturated heterocycles. The molecular weight excluding hydrogens is 454 g/mol. The zero-order chi connectivity index (χ0) is 25.1. The fourth-order valence-electron chi connectivity index (χ4n) is 4.60. The van der Waals surface area contributed by atoms with Crippen molar-refractivity contribution in [1.29, 1.82) is 0 Å². The normalized spacial score (nSPS) is 22.6. The number of carbonyl (C=O) groups excluding carboxylic acids is 2. The van der Waals surface area contributed by atoms with Crippen LogP contribution in [0.5, 0.6) is 0 Å². The summed E-state index contributed by atoms with van der Waals surface area (Å²) >= 11 is 1.36. The minimum absolute atomic E-state index is 0.00604. The highest BCUT2D eigenvalue weighted by Gasteiger charge is 2.62. The van der Waals surface area contributed by atoms with Crippen LogP contribution in [0.15, 0.2) is 47.8 Å². The molecule has 8 heteroatoms. The average molecular weight is 488 g/mol. The molecule has 0 aliphatic carbocycles. The molecule has 0 unspecified atom stereocenters. The zero-order valence-electron chi connectivity index (χ0n) is 20.3. The SMILES string of the molecule is CC(C)C[C@]1(C(=O)OC(C)(C)C)C[C@@H](C(=O)O)[C@@H](c2cccs2)N1C(=O)OCc1ccccc1. The fraction of sp³-hybridized carbons (Fsp3) is 0.500. The van der Waals surface area contributed by atoms with Gasteiger partial charge in [-0.25, -0.2) is 9.59 Å². The molecule has 7 nitrogen and oxygen atoms in total. The number of ether oxygens (including phenoxy) is 2. The zero-order valence-corrected chi connectivity index (χ0v) is 21.1. The number of likely N-dealkylation sites (tertiary alicyclic amines) is 1. The Hall–Kier alpha value is -2.87. The van der Waals surface area contributed by atoms with Gasteiger partial charge in [0.1, 0.15) is 17.7 Å². The van der Waals surface area contributed by atoms with Crippen LogP contribution >= 0.6 is 11.3 Å². The Kier molecular flexibility index (Phi) is 7.70. The van der Waals surface area contributed by atoms with Crippen molar-refractivity contribution in [3.63, 3.8) is 0 Å². The van der Waals surface area contributed by atoms with Gasteiger partial charge in [0.05, 0.1) is 12.0 Å². The van der Waals surface area contributed by atoms with Crippen LogP contribution in [0.2, 0.25) is 0 Å². The van der Waals surface area contributed by atoms with Crippen LogP contribution in [0.1, 0.15) is 63.9 Å². The number of hydrogen-bond donors (Lipinski definition) is 1. The van der Waals surface area contributed by atoms with Gasteiger partial charge in [0.2, 0.25) is 0 Å². The maximum absolute atomic E-state index is 13.7. The number of benzene rings is 1. The molecule has 1 amide bonds. The van der Waals surface area contributed by atoms with E-state index in [2.05, 4.69) is 0 Å². The second-order valence-corrected chi connectivity index (χ2v) is 11.1. The Morgan fingerprint density at radius 3 is 2.35 bits per heavy atom. The summed E-state index contributed by atoms with van der Waals surface area (Å²) in [7, 11) is 0. The highest BCUT2D eigenvalue weighted by atomic mass is 32.1. The van der Waals surface area contributed by atoms with Crippen molar-refractivity contribution in [2.45, 2.75) is 71.2 Å². The van der Waals surface area contributed by atoms with Crippen LogP contribution in [0.25, 0.3) is 0 Å². The van der Waals surface area contributed by atoms with Crippen molar-refractivity contribution in [3.05, 3.63) is 58.3 Å². The third kappa shape index (κ3) is 5.60. The second kappa shape index (κ2) is 10.2. The van der Waals surface area contributed by atoms with E-state index in [0.29, 0.717) is 4.88 Å². The Balaban J connectivity index is 2.10. The lowest BCUT2D eigenvalue weighted by molar-refractivity contribution is -0.169. The quantitative estimate of drug-likeness (QED) is 0.507. The number of carboxylic acids is 1. The smallest absolute Gasteiger partial charge is 0.411 e. The molecule has 0 bridgehead atoms. The lowest BCUT2D eigenvalue weighted by Crippen LogP contribution is -2.56. The number of thiophene rings is 1. The minimum Gasteiger partial charge on any atom is -0.481 e. The predicted molar refractivity (Wildman–Crippen MR) is 129 cm³/mol. The molecule has 1 aliphatic heterocycles.